The summed E-state index contributed by atoms with van der Waals surface area (Å²) >= 11 is 0.712. The summed E-state index contributed by atoms with van der Waals surface area (Å²) in [7, 11) is -1.74. The number of nitro groups is 1. The van der Waals surface area contributed by atoms with Crippen LogP contribution >= 0.6 is 11.3 Å². The Morgan fingerprint density at radius 2 is 2.33 bits per heavy atom. The van der Waals surface area contributed by atoms with Gasteiger partial charge in [-0.05, 0) is 32.4 Å². The van der Waals surface area contributed by atoms with E-state index in [-0.39, 0.29) is 20.8 Å². The summed E-state index contributed by atoms with van der Waals surface area (Å²) in [5.41, 5.74) is 5.11. The molecule has 1 aliphatic heterocycles. The number of nitrogens with zero attached hydrogens (tertiary/aromatic N) is 2. The molecule has 0 saturated carbocycles. The normalized spacial score (nSPS) is 20.5. The summed E-state index contributed by atoms with van der Waals surface area (Å²) < 4.78 is 26.7. The number of hydrogen-bond acceptors (Lipinski definition) is 7. The topological polar surface area (TPSA) is 119 Å². The van der Waals surface area contributed by atoms with Gasteiger partial charge in [0.05, 0.1) is 4.92 Å². The first-order valence-corrected chi connectivity index (χ1v) is 8.81. The Bertz CT molecular complexity index is 628. The highest BCUT2D eigenvalue weighted by Gasteiger charge is 2.26. The Balaban J connectivity index is 2.04. The van der Waals surface area contributed by atoms with Crippen LogP contribution in [0.3, 0.4) is 0 Å². The van der Waals surface area contributed by atoms with Crippen molar-refractivity contribution < 1.29 is 13.3 Å². The molecule has 1 atom stereocenters. The van der Waals surface area contributed by atoms with Crippen molar-refractivity contribution in [1.29, 1.82) is 0 Å². The highest BCUT2D eigenvalue weighted by molar-refractivity contribution is 7.91. The van der Waals surface area contributed by atoms with Gasteiger partial charge >= 0.3 is 5.69 Å². The minimum atomic E-state index is -3.75. The van der Waals surface area contributed by atoms with Gasteiger partial charge in [-0.25, -0.2) is 13.1 Å². The minimum absolute atomic E-state index is 0.0993. The van der Waals surface area contributed by atoms with Crippen LogP contribution in [0.25, 0.3) is 0 Å². The van der Waals surface area contributed by atoms with E-state index in [1.54, 1.807) is 0 Å². The van der Waals surface area contributed by atoms with E-state index in [9.17, 15) is 18.5 Å². The predicted molar refractivity (Wildman–Crippen MR) is 80.8 cm³/mol. The minimum Gasteiger partial charge on any atom is -0.385 e. The maximum atomic E-state index is 12.2. The Hall–Kier alpha value is -1.23. The highest BCUT2D eigenvalue weighted by Crippen LogP contribution is 2.34. The molecule has 10 heteroatoms. The lowest BCUT2D eigenvalue weighted by molar-refractivity contribution is -0.383. The number of nitrogens with one attached hydrogen (secondary N) is 1. The van der Waals surface area contributed by atoms with Crippen LogP contribution in [0.2, 0.25) is 0 Å². The van der Waals surface area contributed by atoms with E-state index in [1.165, 1.54) is 0 Å². The molecule has 1 saturated heterocycles. The van der Waals surface area contributed by atoms with Crippen molar-refractivity contribution in [3.8, 4) is 0 Å². The summed E-state index contributed by atoms with van der Waals surface area (Å²) in [6.07, 6.45) is 2.01. The summed E-state index contributed by atoms with van der Waals surface area (Å²) in [4.78, 5) is 12.2. The number of likely N-dealkylation sites (tertiary alicyclic amines) is 1. The van der Waals surface area contributed by atoms with E-state index in [4.69, 9.17) is 5.73 Å². The molecule has 0 aliphatic carbocycles. The molecule has 8 nitrogen and oxygen atoms in total. The third-order valence-corrected chi connectivity index (χ3v) is 6.31. The molecule has 1 aliphatic rings. The second kappa shape index (κ2) is 6.26. The van der Waals surface area contributed by atoms with Crippen molar-refractivity contribution >= 4 is 32.0 Å². The molecule has 3 N–H and O–H groups in total. The molecule has 1 aromatic rings. The molecule has 0 bridgehead atoms. The van der Waals surface area contributed by atoms with E-state index in [1.807, 2.05) is 7.05 Å². The molecular formula is C11H18N4O4S2. The SMILES string of the molecule is CN1CCCC(CNS(=O)(=O)c2cc([N+](=O)[O-])c(N)s2)C1. The van der Waals surface area contributed by atoms with Crippen molar-refractivity contribution in [2.24, 2.45) is 5.92 Å². The number of nitrogens with two attached hydrogens (primary N) is 1. The molecule has 2 rings (SSSR count). The fourth-order valence-electron chi connectivity index (χ4n) is 2.39. The zero-order valence-electron chi connectivity index (χ0n) is 11.6. The Morgan fingerprint density at radius 3 is 2.90 bits per heavy atom. The van der Waals surface area contributed by atoms with Crippen LogP contribution in [0.5, 0.6) is 0 Å². The number of hydrogen-bond donors (Lipinski definition) is 2. The summed E-state index contributed by atoms with van der Waals surface area (Å²) in [5, 5.41) is 10.6. The van der Waals surface area contributed by atoms with Gasteiger partial charge < -0.3 is 10.6 Å². The maximum absolute atomic E-state index is 12.2. The number of anilines is 1. The fraction of sp³-hybridized carbons (Fsp3) is 0.636. The fourth-order valence-corrected chi connectivity index (χ4v) is 4.76. The Kier molecular flexibility index (Phi) is 4.81. The van der Waals surface area contributed by atoms with Crippen LogP contribution in [0.4, 0.5) is 10.7 Å². The maximum Gasteiger partial charge on any atom is 0.304 e. The third-order valence-electron chi connectivity index (χ3n) is 3.46. The van der Waals surface area contributed by atoms with Gasteiger partial charge in [0, 0.05) is 19.2 Å². The van der Waals surface area contributed by atoms with Crippen molar-refractivity contribution in [3.63, 3.8) is 0 Å². The van der Waals surface area contributed by atoms with E-state index < -0.39 is 14.9 Å². The number of rotatable bonds is 5. The van der Waals surface area contributed by atoms with E-state index >= 15 is 0 Å². The summed E-state index contributed by atoms with van der Waals surface area (Å²) in [6, 6.07) is 1.01. The van der Waals surface area contributed by atoms with Crippen LogP contribution in [-0.2, 0) is 10.0 Å². The van der Waals surface area contributed by atoms with Crippen LogP contribution in [0.15, 0.2) is 10.3 Å². The first-order chi connectivity index (χ1) is 9.79. The number of nitrogen functional groups attached to an aromatic ring is 1. The predicted octanol–water partition coefficient (Wildman–Crippen LogP) is 0.859. The zero-order chi connectivity index (χ0) is 15.6. The van der Waals surface area contributed by atoms with Crippen molar-refractivity contribution in [2.75, 3.05) is 32.4 Å². The second-order valence-electron chi connectivity index (χ2n) is 5.19. The Labute approximate surface area is 127 Å². The molecule has 0 aromatic carbocycles. The van der Waals surface area contributed by atoms with Gasteiger partial charge in [0.1, 0.15) is 4.21 Å². The summed E-state index contributed by atoms with van der Waals surface area (Å²) in [5.74, 6) is 0.255. The lowest BCUT2D eigenvalue weighted by atomic mass is 9.99. The number of sulfonamides is 1. The molecular weight excluding hydrogens is 316 g/mol. The van der Waals surface area contributed by atoms with E-state index in [0.29, 0.717) is 17.9 Å². The van der Waals surface area contributed by atoms with Crippen LogP contribution in [-0.4, -0.2) is 44.9 Å². The first-order valence-electron chi connectivity index (χ1n) is 6.51. The molecule has 0 radical (unpaired) electrons. The average Bonchev–Trinajstić information content (AvgIpc) is 2.80. The van der Waals surface area contributed by atoms with Crippen LogP contribution in [0, 0.1) is 16.0 Å². The Morgan fingerprint density at radius 1 is 1.62 bits per heavy atom. The first kappa shape index (κ1) is 16.1. The van der Waals surface area contributed by atoms with Gasteiger partial charge in [-0.1, -0.05) is 11.3 Å². The van der Waals surface area contributed by atoms with Crippen molar-refractivity contribution in [2.45, 2.75) is 17.1 Å². The van der Waals surface area contributed by atoms with Gasteiger partial charge in [0.2, 0.25) is 10.0 Å². The quantitative estimate of drug-likeness (QED) is 0.609. The van der Waals surface area contributed by atoms with Crippen molar-refractivity contribution in [3.05, 3.63) is 16.2 Å². The largest absolute Gasteiger partial charge is 0.385 e. The van der Waals surface area contributed by atoms with Gasteiger partial charge in [-0.3, -0.25) is 10.1 Å². The van der Waals surface area contributed by atoms with Crippen LogP contribution < -0.4 is 10.5 Å². The van der Waals surface area contributed by atoms with E-state index in [0.717, 1.165) is 32.0 Å². The standard InChI is InChI=1S/C11H18N4O4S2/c1-14-4-2-3-8(7-14)6-13-21(18,19)10-5-9(15(16)17)11(12)20-10/h5,8,13H,2-4,6-7,12H2,1H3. The van der Waals surface area contributed by atoms with E-state index in [2.05, 4.69) is 9.62 Å². The van der Waals surface area contributed by atoms with Gasteiger partial charge in [0.15, 0.2) is 5.00 Å². The monoisotopic (exact) mass is 334 g/mol. The lowest BCUT2D eigenvalue weighted by Gasteiger charge is -2.29. The molecule has 2 heterocycles. The molecule has 118 valence electrons. The second-order valence-corrected chi connectivity index (χ2v) is 8.27. The highest BCUT2D eigenvalue weighted by atomic mass is 32.2. The molecule has 1 aromatic heterocycles. The number of thiophene rings is 1. The van der Waals surface area contributed by atoms with Gasteiger partial charge in [0.25, 0.3) is 0 Å². The molecule has 1 fully saturated rings. The van der Waals surface area contributed by atoms with Crippen LogP contribution in [0.1, 0.15) is 12.8 Å². The third kappa shape index (κ3) is 3.90. The average molecular weight is 334 g/mol. The van der Waals surface area contributed by atoms with Gasteiger partial charge in [-0.15, -0.1) is 0 Å². The molecule has 0 amide bonds. The smallest absolute Gasteiger partial charge is 0.304 e. The molecule has 0 spiro atoms. The number of piperidine rings is 1. The lowest BCUT2D eigenvalue weighted by Crippen LogP contribution is -2.38. The molecule has 21 heavy (non-hydrogen) atoms. The van der Waals surface area contributed by atoms with Crippen molar-refractivity contribution in [1.82, 2.24) is 9.62 Å². The molecule has 1 unspecified atom stereocenters. The summed E-state index contributed by atoms with van der Waals surface area (Å²) in [6.45, 7) is 2.20. The van der Waals surface area contributed by atoms with Gasteiger partial charge in [-0.2, -0.15) is 0 Å². The zero-order valence-corrected chi connectivity index (χ0v) is 13.2.